The molecule has 0 aromatic heterocycles. The van der Waals surface area contributed by atoms with Gasteiger partial charge in [0.05, 0.1) is 12.7 Å². The average molecular weight is 276 g/mol. The average Bonchev–Trinajstić information content (AvgIpc) is 2.96. The lowest BCUT2D eigenvalue weighted by atomic mass is 10.00. The predicted octanol–water partition coefficient (Wildman–Crippen LogP) is 1.87. The third-order valence-electron chi connectivity index (χ3n) is 4.67. The van der Waals surface area contributed by atoms with Gasteiger partial charge >= 0.3 is 0 Å². The number of nitrogen functional groups attached to an aromatic ring is 1. The van der Waals surface area contributed by atoms with Crippen molar-refractivity contribution in [3.63, 3.8) is 0 Å². The molecule has 3 atom stereocenters. The highest BCUT2D eigenvalue weighted by Crippen LogP contribution is 2.39. The van der Waals surface area contributed by atoms with Gasteiger partial charge in [-0.05, 0) is 43.9 Å². The first-order chi connectivity index (χ1) is 9.67. The number of anilines is 1. The number of nitrogens with zero attached hydrogens (tertiary/aromatic N) is 1. The largest absolute Gasteiger partial charge is 0.494 e. The van der Waals surface area contributed by atoms with Gasteiger partial charge in [0.1, 0.15) is 5.75 Å². The molecule has 1 aromatic rings. The van der Waals surface area contributed by atoms with Crippen LogP contribution in [0.4, 0.5) is 5.69 Å². The number of rotatable bonds is 4. The fourth-order valence-corrected chi connectivity index (χ4v) is 3.72. The molecule has 3 rings (SSSR count). The highest BCUT2D eigenvalue weighted by atomic mass is 16.5. The minimum absolute atomic E-state index is 0.0998. The SMILES string of the molecule is CCOc1ccc(N)cc1CN1CC2CCC(O)C2C1. The van der Waals surface area contributed by atoms with E-state index in [0.29, 0.717) is 18.4 Å². The molecule has 110 valence electrons. The van der Waals surface area contributed by atoms with Gasteiger partial charge in [0.2, 0.25) is 0 Å². The molecule has 3 N–H and O–H groups in total. The number of fused-ring (bicyclic) bond motifs is 1. The van der Waals surface area contributed by atoms with Gasteiger partial charge in [0.25, 0.3) is 0 Å². The van der Waals surface area contributed by atoms with Crippen LogP contribution in [0.5, 0.6) is 5.75 Å². The van der Waals surface area contributed by atoms with Gasteiger partial charge in [-0.3, -0.25) is 4.90 Å². The van der Waals surface area contributed by atoms with E-state index in [1.54, 1.807) is 0 Å². The first-order valence-electron chi connectivity index (χ1n) is 7.59. The van der Waals surface area contributed by atoms with Crippen molar-refractivity contribution < 1.29 is 9.84 Å². The minimum atomic E-state index is -0.0998. The van der Waals surface area contributed by atoms with Crippen LogP contribution in [0, 0.1) is 11.8 Å². The highest BCUT2D eigenvalue weighted by Gasteiger charge is 2.41. The molecular formula is C16H24N2O2. The van der Waals surface area contributed by atoms with Crippen LogP contribution in [0.2, 0.25) is 0 Å². The Balaban J connectivity index is 1.70. The van der Waals surface area contributed by atoms with Crippen LogP contribution in [0.3, 0.4) is 0 Å². The van der Waals surface area contributed by atoms with Crippen molar-refractivity contribution in [2.75, 3.05) is 25.4 Å². The highest BCUT2D eigenvalue weighted by molar-refractivity contribution is 5.47. The molecule has 1 saturated heterocycles. The van der Waals surface area contributed by atoms with Gasteiger partial charge in [-0.15, -0.1) is 0 Å². The van der Waals surface area contributed by atoms with E-state index in [1.165, 1.54) is 0 Å². The zero-order valence-corrected chi connectivity index (χ0v) is 12.1. The van der Waals surface area contributed by atoms with Crippen molar-refractivity contribution in [3.8, 4) is 5.75 Å². The maximum absolute atomic E-state index is 9.99. The molecule has 0 spiro atoms. The Morgan fingerprint density at radius 3 is 2.95 bits per heavy atom. The normalized spacial score (nSPS) is 29.6. The molecule has 0 amide bonds. The van der Waals surface area contributed by atoms with Crippen molar-refractivity contribution in [3.05, 3.63) is 23.8 Å². The van der Waals surface area contributed by atoms with E-state index < -0.39 is 0 Å². The Morgan fingerprint density at radius 1 is 1.35 bits per heavy atom. The van der Waals surface area contributed by atoms with E-state index in [9.17, 15) is 5.11 Å². The number of nitrogens with two attached hydrogens (primary N) is 1. The van der Waals surface area contributed by atoms with Gasteiger partial charge in [-0.25, -0.2) is 0 Å². The topological polar surface area (TPSA) is 58.7 Å². The Bertz CT molecular complexity index is 478. The molecule has 0 bridgehead atoms. The third kappa shape index (κ3) is 2.63. The smallest absolute Gasteiger partial charge is 0.123 e. The van der Waals surface area contributed by atoms with E-state index in [0.717, 1.165) is 49.5 Å². The van der Waals surface area contributed by atoms with Gasteiger partial charge < -0.3 is 15.6 Å². The van der Waals surface area contributed by atoms with E-state index in [-0.39, 0.29) is 6.10 Å². The van der Waals surface area contributed by atoms with E-state index in [1.807, 2.05) is 25.1 Å². The Kier molecular flexibility index (Phi) is 3.85. The summed E-state index contributed by atoms with van der Waals surface area (Å²) in [5.74, 6) is 2.06. The van der Waals surface area contributed by atoms with E-state index in [2.05, 4.69) is 4.90 Å². The summed E-state index contributed by atoms with van der Waals surface area (Å²) in [5.41, 5.74) is 7.83. The number of ether oxygens (including phenoxy) is 1. The second-order valence-electron chi connectivity index (χ2n) is 6.06. The summed E-state index contributed by atoms with van der Waals surface area (Å²) in [6, 6.07) is 5.85. The molecule has 4 nitrogen and oxygen atoms in total. The van der Waals surface area contributed by atoms with E-state index >= 15 is 0 Å². The van der Waals surface area contributed by atoms with Crippen LogP contribution in [-0.4, -0.2) is 35.8 Å². The minimum Gasteiger partial charge on any atom is -0.494 e. The second-order valence-corrected chi connectivity index (χ2v) is 6.06. The summed E-state index contributed by atoms with van der Waals surface area (Å²) in [5, 5.41) is 9.99. The summed E-state index contributed by atoms with van der Waals surface area (Å²) >= 11 is 0. The summed E-state index contributed by atoms with van der Waals surface area (Å²) < 4.78 is 5.69. The van der Waals surface area contributed by atoms with Gasteiger partial charge in [0.15, 0.2) is 0 Å². The number of hydrogen-bond donors (Lipinski definition) is 2. The number of aliphatic hydroxyl groups is 1. The zero-order chi connectivity index (χ0) is 14.1. The molecule has 1 heterocycles. The van der Waals surface area contributed by atoms with Crippen LogP contribution in [-0.2, 0) is 6.54 Å². The van der Waals surface area contributed by atoms with Gasteiger partial charge in [0, 0.05) is 36.8 Å². The van der Waals surface area contributed by atoms with Crippen molar-refractivity contribution in [2.45, 2.75) is 32.4 Å². The molecule has 1 aromatic carbocycles. The van der Waals surface area contributed by atoms with Crippen molar-refractivity contribution in [1.82, 2.24) is 4.90 Å². The second kappa shape index (κ2) is 5.62. The number of hydrogen-bond acceptors (Lipinski definition) is 4. The van der Waals surface area contributed by atoms with Crippen molar-refractivity contribution in [2.24, 2.45) is 11.8 Å². The zero-order valence-electron chi connectivity index (χ0n) is 12.1. The van der Waals surface area contributed by atoms with Crippen LogP contribution >= 0.6 is 0 Å². The maximum atomic E-state index is 9.99. The molecule has 1 aliphatic heterocycles. The third-order valence-corrected chi connectivity index (χ3v) is 4.67. The lowest BCUT2D eigenvalue weighted by Crippen LogP contribution is -2.24. The van der Waals surface area contributed by atoms with Gasteiger partial charge in [-0.1, -0.05) is 0 Å². The lowest BCUT2D eigenvalue weighted by Gasteiger charge is -2.20. The standard InChI is InChI=1S/C16H24N2O2/c1-2-20-16-6-4-13(17)7-12(16)9-18-8-11-3-5-15(19)14(11)10-18/h4,6-7,11,14-15,19H,2-3,5,8-10,17H2,1H3. The van der Waals surface area contributed by atoms with Crippen molar-refractivity contribution >= 4 is 5.69 Å². The van der Waals surface area contributed by atoms with Crippen molar-refractivity contribution in [1.29, 1.82) is 0 Å². The monoisotopic (exact) mass is 276 g/mol. The summed E-state index contributed by atoms with van der Waals surface area (Å²) in [6.45, 7) is 5.60. The predicted molar refractivity (Wildman–Crippen MR) is 79.5 cm³/mol. The fourth-order valence-electron chi connectivity index (χ4n) is 3.72. The lowest BCUT2D eigenvalue weighted by molar-refractivity contribution is 0.123. The summed E-state index contributed by atoms with van der Waals surface area (Å²) in [6.07, 6.45) is 2.04. The fraction of sp³-hybridized carbons (Fsp3) is 0.625. The molecular weight excluding hydrogens is 252 g/mol. The van der Waals surface area contributed by atoms with Crippen LogP contribution < -0.4 is 10.5 Å². The van der Waals surface area contributed by atoms with Crippen LogP contribution in [0.1, 0.15) is 25.3 Å². The van der Waals surface area contributed by atoms with E-state index in [4.69, 9.17) is 10.5 Å². The molecule has 1 saturated carbocycles. The summed E-state index contributed by atoms with van der Waals surface area (Å²) in [7, 11) is 0. The maximum Gasteiger partial charge on any atom is 0.123 e. The van der Waals surface area contributed by atoms with Gasteiger partial charge in [-0.2, -0.15) is 0 Å². The quantitative estimate of drug-likeness (QED) is 0.824. The number of aliphatic hydroxyl groups excluding tert-OH is 1. The molecule has 20 heavy (non-hydrogen) atoms. The summed E-state index contributed by atoms with van der Waals surface area (Å²) in [4.78, 5) is 2.43. The first-order valence-corrected chi connectivity index (χ1v) is 7.59. The number of benzene rings is 1. The molecule has 2 aliphatic rings. The molecule has 2 fully saturated rings. The Morgan fingerprint density at radius 2 is 2.20 bits per heavy atom. The van der Waals surface area contributed by atoms with Crippen LogP contribution in [0.25, 0.3) is 0 Å². The van der Waals surface area contributed by atoms with Crippen LogP contribution in [0.15, 0.2) is 18.2 Å². The molecule has 4 heteroatoms. The first kappa shape index (κ1) is 13.7. The molecule has 0 radical (unpaired) electrons. The Hall–Kier alpha value is -1.26. The molecule has 1 aliphatic carbocycles. The molecule has 3 unspecified atom stereocenters. The number of likely N-dealkylation sites (tertiary alicyclic amines) is 1. The Labute approximate surface area is 120 Å².